The number of benzene rings is 1. The maximum atomic E-state index is 11.0. The highest BCUT2D eigenvalue weighted by atomic mass is 16.5. The first-order chi connectivity index (χ1) is 9.55. The second kappa shape index (κ2) is 6.59. The van der Waals surface area contributed by atoms with E-state index < -0.39 is 5.60 Å². The molecule has 0 spiro atoms. The second-order valence-electron chi connectivity index (χ2n) is 5.98. The Morgan fingerprint density at radius 3 is 2.80 bits per heavy atom. The number of aliphatic hydroxyl groups is 1. The van der Waals surface area contributed by atoms with Crippen molar-refractivity contribution >= 4 is 0 Å². The Kier molecular flexibility index (Phi) is 5.06. The zero-order valence-corrected chi connectivity index (χ0v) is 12.9. The van der Waals surface area contributed by atoms with Crippen LogP contribution >= 0.6 is 0 Å². The van der Waals surface area contributed by atoms with E-state index in [9.17, 15) is 5.11 Å². The van der Waals surface area contributed by atoms with Crippen LogP contribution in [0, 0.1) is 0 Å². The number of nitrogens with zero attached hydrogens (tertiary/aromatic N) is 1. The molecule has 1 heterocycles. The Morgan fingerprint density at radius 1 is 1.30 bits per heavy atom. The van der Waals surface area contributed by atoms with E-state index in [1.165, 1.54) is 0 Å². The third-order valence-electron chi connectivity index (χ3n) is 4.26. The van der Waals surface area contributed by atoms with Crippen LogP contribution < -0.4 is 4.74 Å². The summed E-state index contributed by atoms with van der Waals surface area (Å²) in [6.07, 6.45) is 2.65. The summed E-state index contributed by atoms with van der Waals surface area (Å²) in [4.78, 5) is 2.45. The van der Waals surface area contributed by atoms with Crippen molar-refractivity contribution in [3.05, 3.63) is 29.8 Å². The fourth-order valence-electron chi connectivity index (χ4n) is 2.99. The average molecular weight is 277 g/mol. The van der Waals surface area contributed by atoms with Crippen LogP contribution in [0.2, 0.25) is 0 Å². The molecular formula is C17H27NO2. The summed E-state index contributed by atoms with van der Waals surface area (Å²) in [6, 6.07) is 8.49. The van der Waals surface area contributed by atoms with Crippen molar-refractivity contribution in [3.63, 3.8) is 0 Å². The molecule has 1 unspecified atom stereocenters. The minimum absolute atomic E-state index is 0.548. The lowest BCUT2D eigenvalue weighted by Gasteiger charge is -2.29. The van der Waals surface area contributed by atoms with E-state index in [1.54, 1.807) is 0 Å². The summed E-state index contributed by atoms with van der Waals surface area (Å²) in [5, 5.41) is 11.0. The molecule has 112 valence electrons. The predicted molar refractivity (Wildman–Crippen MR) is 82.1 cm³/mol. The summed E-state index contributed by atoms with van der Waals surface area (Å²) < 4.78 is 5.55. The van der Waals surface area contributed by atoms with Gasteiger partial charge in [0.2, 0.25) is 0 Å². The van der Waals surface area contributed by atoms with Crippen molar-refractivity contribution in [2.45, 2.75) is 51.7 Å². The lowest BCUT2D eigenvalue weighted by Crippen LogP contribution is -2.33. The SMILES string of the molecule is CCOc1cccc(C2(O)CCCN(C(C)C)CC2)c1. The molecule has 0 bridgehead atoms. The van der Waals surface area contributed by atoms with Gasteiger partial charge in [-0.05, 0) is 64.3 Å². The smallest absolute Gasteiger partial charge is 0.119 e. The summed E-state index contributed by atoms with van der Waals surface area (Å²) in [5.74, 6) is 0.850. The number of ether oxygens (including phenoxy) is 1. The second-order valence-corrected chi connectivity index (χ2v) is 5.98. The van der Waals surface area contributed by atoms with Gasteiger partial charge in [0.1, 0.15) is 5.75 Å². The van der Waals surface area contributed by atoms with E-state index in [1.807, 2.05) is 31.2 Å². The summed E-state index contributed by atoms with van der Waals surface area (Å²) in [5.41, 5.74) is 0.283. The Hall–Kier alpha value is -1.06. The quantitative estimate of drug-likeness (QED) is 0.917. The van der Waals surface area contributed by atoms with Gasteiger partial charge in [-0.2, -0.15) is 0 Å². The number of hydrogen-bond acceptors (Lipinski definition) is 3. The fourth-order valence-corrected chi connectivity index (χ4v) is 2.99. The van der Waals surface area contributed by atoms with Crippen LogP contribution in [0.25, 0.3) is 0 Å². The average Bonchev–Trinajstić information content (AvgIpc) is 2.63. The Balaban J connectivity index is 2.15. The molecule has 2 rings (SSSR count). The van der Waals surface area contributed by atoms with Crippen molar-refractivity contribution in [3.8, 4) is 5.75 Å². The van der Waals surface area contributed by atoms with Crippen molar-refractivity contribution in [1.82, 2.24) is 4.90 Å². The summed E-state index contributed by atoms with van der Waals surface area (Å²) in [7, 11) is 0. The lowest BCUT2D eigenvalue weighted by molar-refractivity contribution is 0.0202. The van der Waals surface area contributed by atoms with Gasteiger partial charge < -0.3 is 14.7 Å². The van der Waals surface area contributed by atoms with Gasteiger partial charge in [-0.3, -0.25) is 0 Å². The Morgan fingerprint density at radius 2 is 2.10 bits per heavy atom. The zero-order chi connectivity index (χ0) is 14.6. The maximum Gasteiger partial charge on any atom is 0.119 e. The van der Waals surface area contributed by atoms with Crippen molar-refractivity contribution in [1.29, 1.82) is 0 Å². The monoisotopic (exact) mass is 277 g/mol. The molecule has 1 saturated heterocycles. The Bertz CT molecular complexity index is 433. The van der Waals surface area contributed by atoms with Gasteiger partial charge in [0.15, 0.2) is 0 Å². The molecule has 1 fully saturated rings. The van der Waals surface area contributed by atoms with Gasteiger partial charge >= 0.3 is 0 Å². The Labute approximate surface area is 122 Å². The number of hydrogen-bond donors (Lipinski definition) is 1. The van der Waals surface area contributed by atoms with Gasteiger partial charge in [0.05, 0.1) is 12.2 Å². The molecule has 1 atom stereocenters. The van der Waals surface area contributed by atoms with Crippen LogP contribution in [0.5, 0.6) is 5.75 Å². The molecule has 0 aromatic heterocycles. The molecule has 3 heteroatoms. The molecule has 1 N–H and O–H groups in total. The van der Waals surface area contributed by atoms with Crippen LogP contribution in [0.4, 0.5) is 0 Å². The summed E-state index contributed by atoms with van der Waals surface area (Å²) >= 11 is 0. The van der Waals surface area contributed by atoms with Gasteiger partial charge in [0, 0.05) is 12.6 Å². The van der Waals surface area contributed by atoms with E-state index in [0.717, 1.165) is 43.7 Å². The molecule has 0 saturated carbocycles. The van der Waals surface area contributed by atoms with Crippen LogP contribution in [0.1, 0.15) is 45.6 Å². The molecular weight excluding hydrogens is 250 g/mol. The van der Waals surface area contributed by atoms with Crippen molar-refractivity contribution < 1.29 is 9.84 Å². The van der Waals surface area contributed by atoms with E-state index in [4.69, 9.17) is 4.74 Å². The number of rotatable bonds is 4. The first-order valence-electron chi connectivity index (χ1n) is 7.75. The molecule has 1 aromatic carbocycles. The number of likely N-dealkylation sites (tertiary alicyclic amines) is 1. The topological polar surface area (TPSA) is 32.7 Å². The normalized spacial score (nSPS) is 24.6. The van der Waals surface area contributed by atoms with Gasteiger partial charge in [-0.15, -0.1) is 0 Å². The van der Waals surface area contributed by atoms with E-state index in [0.29, 0.717) is 12.6 Å². The molecule has 0 amide bonds. The van der Waals surface area contributed by atoms with E-state index in [2.05, 4.69) is 18.7 Å². The molecule has 3 nitrogen and oxygen atoms in total. The van der Waals surface area contributed by atoms with Crippen molar-refractivity contribution in [2.75, 3.05) is 19.7 Å². The first kappa shape index (κ1) is 15.3. The minimum atomic E-state index is -0.712. The third kappa shape index (κ3) is 3.53. The van der Waals surface area contributed by atoms with Crippen LogP contribution in [-0.2, 0) is 5.60 Å². The maximum absolute atomic E-state index is 11.0. The van der Waals surface area contributed by atoms with Crippen LogP contribution in [0.15, 0.2) is 24.3 Å². The van der Waals surface area contributed by atoms with E-state index >= 15 is 0 Å². The lowest BCUT2D eigenvalue weighted by atomic mass is 9.87. The van der Waals surface area contributed by atoms with Gasteiger partial charge in [-0.1, -0.05) is 12.1 Å². The highest BCUT2D eigenvalue weighted by Crippen LogP contribution is 2.34. The van der Waals surface area contributed by atoms with Crippen molar-refractivity contribution in [2.24, 2.45) is 0 Å². The fraction of sp³-hybridized carbons (Fsp3) is 0.647. The molecule has 1 aliphatic rings. The van der Waals surface area contributed by atoms with Crippen LogP contribution in [0.3, 0.4) is 0 Å². The van der Waals surface area contributed by atoms with Gasteiger partial charge in [-0.25, -0.2) is 0 Å². The molecule has 1 aromatic rings. The predicted octanol–water partition coefficient (Wildman–Crippen LogP) is 3.17. The molecule has 20 heavy (non-hydrogen) atoms. The highest BCUT2D eigenvalue weighted by Gasteiger charge is 2.32. The minimum Gasteiger partial charge on any atom is -0.494 e. The largest absolute Gasteiger partial charge is 0.494 e. The standard InChI is InChI=1S/C17H27NO2/c1-4-20-16-8-5-7-15(13-16)17(19)9-6-11-18(12-10-17)14(2)3/h5,7-8,13-14,19H,4,6,9-12H2,1-3H3. The zero-order valence-electron chi connectivity index (χ0n) is 12.9. The third-order valence-corrected chi connectivity index (χ3v) is 4.26. The first-order valence-corrected chi connectivity index (χ1v) is 7.75. The molecule has 0 radical (unpaired) electrons. The van der Waals surface area contributed by atoms with Crippen LogP contribution in [-0.4, -0.2) is 35.7 Å². The molecule has 0 aliphatic carbocycles. The van der Waals surface area contributed by atoms with Gasteiger partial charge in [0.25, 0.3) is 0 Å². The molecule has 1 aliphatic heterocycles. The highest BCUT2D eigenvalue weighted by molar-refractivity contribution is 5.32. The van der Waals surface area contributed by atoms with E-state index in [-0.39, 0.29) is 0 Å². The summed E-state index contributed by atoms with van der Waals surface area (Å²) in [6.45, 7) is 9.11.